The van der Waals surface area contributed by atoms with Crippen molar-refractivity contribution in [3.63, 3.8) is 0 Å². The van der Waals surface area contributed by atoms with E-state index < -0.39 is 36.5 Å². The Balaban J connectivity index is 3.20. The summed E-state index contributed by atoms with van der Waals surface area (Å²) in [5.41, 5.74) is 3.93. The molecule has 1 heterocycles. The average molecular weight is 396 g/mol. The van der Waals surface area contributed by atoms with Crippen LogP contribution in [0.3, 0.4) is 0 Å². The molecule has 3 N–H and O–H groups in total. The van der Waals surface area contributed by atoms with E-state index >= 15 is 0 Å². The highest BCUT2D eigenvalue weighted by atomic mass is 19.4. The van der Waals surface area contributed by atoms with Crippen LogP contribution in [-0.4, -0.2) is 55.1 Å². The number of ether oxygens (including phenoxy) is 2. The Labute approximate surface area is 152 Å². The maximum Gasteiger partial charge on any atom is 0.411 e. The average Bonchev–Trinajstić information content (AvgIpc) is 2.56. The second-order valence-corrected chi connectivity index (χ2v) is 5.64. The quantitative estimate of drug-likeness (QED) is 0.594. The minimum Gasteiger partial charge on any atom is -0.383 e. The van der Waals surface area contributed by atoms with Gasteiger partial charge in [0.15, 0.2) is 5.69 Å². The van der Waals surface area contributed by atoms with Crippen LogP contribution >= 0.6 is 0 Å². The largest absolute Gasteiger partial charge is 0.411 e. The molecule has 0 spiro atoms. The predicted molar refractivity (Wildman–Crippen MR) is 91.7 cm³/mol. The van der Waals surface area contributed by atoms with E-state index in [0.29, 0.717) is 6.42 Å². The number of H-pyrrole nitrogens is 1. The molecule has 0 aliphatic heterocycles. The number of carbonyl (C=O) groups is 1. The summed E-state index contributed by atoms with van der Waals surface area (Å²) in [7, 11) is 1.35. The maximum atomic E-state index is 12.3. The van der Waals surface area contributed by atoms with E-state index in [1.165, 1.54) is 7.11 Å². The van der Waals surface area contributed by atoms with E-state index in [-0.39, 0.29) is 31.2 Å². The number of hydrogen-bond acceptors (Lipinski definition) is 6. The highest BCUT2D eigenvalue weighted by Crippen LogP contribution is 2.18. The summed E-state index contributed by atoms with van der Waals surface area (Å²) >= 11 is 0. The molecule has 0 saturated heterocycles. The zero-order valence-corrected chi connectivity index (χ0v) is 15.1. The standard InChI is InChI=1S/C15H23F3N4O5/c1-3-4-5-22-12(19)11(13(24)20-14(22)25)21(6-7-26-2)10(23)8-27-9-15(16,17)18/h3-9,19H2,1-2H3,(H,20,24,25). The van der Waals surface area contributed by atoms with Crippen molar-refractivity contribution in [1.29, 1.82) is 0 Å². The first-order valence-corrected chi connectivity index (χ1v) is 8.18. The van der Waals surface area contributed by atoms with Gasteiger partial charge in [-0.1, -0.05) is 13.3 Å². The van der Waals surface area contributed by atoms with Crippen LogP contribution in [0.5, 0.6) is 0 Å². The van der Waals surface area contributed by atoms with Gasteiger partial charge >= 0.3 is 11.9 Å². The molecule has 0 aliphatic rings. The molecule has 9 nitrogen and oxygen atoms in total. The van der Waals surface area contributed by atoms with Crippen LogP contribution in [0, 0.1) is 0 Å². The van der Waals surface area contributed by atoms with Gasteiger partial charge in [-0.05, 0) is 6.42 Å². The van der Waals surface area contributed by atoms with Gasteiger partial charge in [0.05, 0.1) is 6.61 Å². The number of nitrogens with two attached hydrogens (primary N) is 1. The first kappa shape index (κ1) is 22.7. The summed E-state index contributed by atoms with van der Waals surface area (Å²) in [5, 5.41) is 0. The summed E-state index contributed by atoms with van der Waals surface area (Å²) < 4.78 is 46.9. The number of anilines is 2. The minimum atomic E-state index is -4.60. The lowest BCUT2D eigenvalue weighted by Crippen LogP contribution is -2.44. The number of unbranched alkanes of at least 4 members (excludes halogenated alkanes) is 1. The van der Waals surface area contributed by atoms with Crippen molar-refractivity contribution in [3.05, 3.63) is 20.8 Å². The zero-order valence-electron chi connectivity index (χ0n) is 15.1. The Morgan fingerprint density at radius 1 is 1.33 bits per heavy atom. The number of halogens is 3. The predicted octanol–water partition coefficient (Wildman–Crippen LogP) is 0.477. The van der Waals surface area contributed by atoms with E-state index in [4.69, 9.17) is 10.5 Å². The van der Waals surface area contributed by atoms with E-state index in [1.54, 1.807) is 0 Å². The number of aromatic amines is 1. The van der Waals surface area contributed by atoms with Crippen molar-refractivity contribution in [2.45, 2.75) is 32.5 Å². The van der Waals surface area contributed by atoms with Crippen LogP contribution in [0.4, 0.5) is 24.7 Å². The van der Waals surface area contributed by atoms with E-state index in [2.05, 4.69) is 9.72 Å². The highest BCUT2D eigenvalue weighted by Gasteiger charge is 2.29. The molecule has 1 rings (SSSR count). The lowest BCUT2D eigenvalue weighted by molar-refractivity contribution is -0.175. The Morgan fingerprint density at radius 2 is 2.00 bits per heavy atom. The van der Waals surface area contributed by atoms with Gasteiger partial charge in [0, 0.05) is 20.2 Å². The molecule has 0 bridgehead atoms. The smallest absolute Gasteiger partial charge is 0.383 e. The number of hydrogen-bond donors (Lipinski definition) is 2. The topological polar surface area (TPSA) is 120 Å². The van der Waals surface area contributed by atoms with Gasteiger partial charge in [-0.3, -0.25) is 19.1 Å². The molecule has 0 radical (unpaired) electrons. The van der Waals surface area contributed by atoms with Gasteiger partial charge in [0.1, 0.15) is 19.0 Å². The summed E-state index contributed by atoms with van der Waals surface area (Å²) in [4.78, 5) is 39.4. The Bertz CT molecular complexity index is 744. The fraction of sp³-hybridized carbons (Fsp3) is 0.667. The van der Waals surface area contributed by atoms with Crippen molar-refractivity contribution in [2.24, 2.45) is 0 Å². The number of aromatic nitrogens is 2. The third kappa shape index (κ3) is 6.71. The molecule has 0 atom stereocenters. The van der Waals surface area contributed by atoms with Gasteiger partial charge in [-0.25, -0.2) is 4.79 Å². The molecule has 12 heteroatoms. The molecule has 1 amide bonds. The van der Waals surface area contributed by atoms with Gasteiger partial charge < -0.3 is 20.1 Å². The molecule has 0 unspecified atom stereocenters. The summed E-state index contributed by atoms with van der Waals surface area (Å²) in [6.45, 7) is -0.612. The van der Waals surface area contributed by atoms with Crippen LogP contribution < -0.4 is 21.9 Å². The van der Waals surface area contributed by atoms with Gasteiger partial charge in [0.25, 0.3) is 11.5 Å². The second kappa shape index (κ2) is 10.1. The van der Waals surface area contributed by atoms with Crippen LogP contribution in [0.25, 0.3) is 0 Å². The van der Waals surface area contributed by atoms with Crippen molar-refractivity contribution in [1.82, 2.24) is 9.55 Å². The fourth-order valence-electron chi connectivity index (χ4n) is 2.25. The molecule has 1 aromatic rings. The minimum absolute atomic E-state index is 0.0159. The number of rotatable bonds is 10. The van der Waals surface area contributed by atoms with Gasteiger partial charge in [0.2, 0.25) is 0 Å². The van der Waals surface area contributed by atoms with Crippen molar-refractivity contribution >= 4 is 17.4 Å². The first-order chi connectivity index (χ1) is 12.6. The van der Waals surface area contributed by atoms with Crippen molar-refractivity contribution in [2.75, 3.05) is 44.1 Å². The molecule has 27 heavy (non-hydrogen) atoms. The van der Waals surface area contributed by atoms with Crippen molar-refractivity contribution < 1.29 is 27.4 Å². The van der Waals surface area contributed by atoms with Crippen LogP contribution in [0.1, 0.15) is 19.8 Å². The molecule has 154 valence electrons. The highest BCUT2D eigenvalue weighted by molar-refractivity contribution is 5.96. The fourth-order valence-corrected chi connectivity index (χ4v) is 2.25. The zero-order chi connectivity index (χ0) is 20.6. The van der Waals surface area contributed by atoms with E-state index in [1.807, 2.05) is 6.92 Å². The number of carbonyl (C=O) groups excluding carboxylic acids is 1. The molecule has 0 saturated carbocycles. The summed E-state index contributed by atoms with van der Waals surface area (Å²) in [5.74, 6) is -1.17. The number of methoxy groups -OCH3 is 1. The molecular formula is C15H23F3N4O5. The molecular weight excluding hydrogens is 373 g/mol. The maximum absolute atomic E-state index is 12.3. The summed E-state index contributed by atoms with van der Waals surface area (Å²) in [6, 6.07) is 0. The third-order valence-electron chi connectivity index (χ3n) is 3.53. The monoisotopic (exact) mass is 396 g/mol. The molecule has 0 fully saturated rings. The molecule has 1 aromatic heterocycles. The number of amides is 1. The number of alkyl halides is 3. The van der Waals surface area contributed by atoms with Crippen molar-refractivity contribution in [3.8, 4) is 0 Å². The Kier molecular flexibility index (Phi) is 8.50. The lowest BCUT2D eigenvalue weighted by Gasteiger charge is -2.24. The number of nitrogens with zero attached hydrogens (tertiary/aromatic N) is 2. The normalized spacial score (nSPS) is 11.6. The second-order valence-electron chi connectivity index (χ2n) is 5.64. The van der Waals surface area contributed by atoms with E-state index in [0.717, 1.165) is 15.9 Å². The Hall–Kier alpha value is -2.34. The third-order valence-corrected chi connectivity index (χ3v) is 3.53. The molecule has 0 aromatic carbocycles. The van der Waals surface area contributed by atoms with Crippen LogP contribution in [-0.2, 0) is 20.8 Å². The Morgan fingerprint density at radius 3 is 2.56 bits per heavy atom. The molecule has 0 aliphatic carbocycles. The van der Waals surface area contributed by atoms with Gasteiger partial charge in [-0.15, -0.1) is 0 Å². The lowest BCUT2D eigenvalue weighted by atomic mass is 10.3. The van der Waals surface area contributed by atoms with Crippen LogP contribution in [0.2, 0.25) is 0 Å². The van der Waals surface area contributed by atoms with Crippen LogP contribution in [0.15, 0.2) is 9.59 Å². The summed E-state index contributed by atoms with van der Waals surface area (Å²) in [6.07, 6.45) is -3.25. The van der Waals surface area contributed by atoms with Gasteiger partial charge in [-0.2, -0.15) is 13.2 Å². The SMILES string of the molecule is CCCCn1c(N)c(N(CCOC)C(=O)COCC(F)(F)F)c(=O)[nH]c1=O. The number of nitrogen functional groups attached to an aromatic ring is 1. The first-order valence-electron chi connectivity index (χ1n) is 8.18. The van der Waals surface area contributed by atoms with E-state index in [9.17, 15) is 27.6 Å². The number of nitrogens with one attached hydrogen (secondary N) is 1.